The fourth-order valence-corrected chi connectivity index (χ4v) is 11.1. The van der Waals surface area contributed by atoms with Crippen LogP contribution in [0.4, 0.5) is 5.69 Å². The molecule has 270 valence electrons. The zero-order chi connectivity index (χ0) is 37.9. The molecule has 1 N–H and O–H groups in total. The SMILES string of the molecule is C=C1c2ccccc2SC2(C(/C=C\c3ccc(C4C=C5C(=CC4)c4ccccc4C5(C)C)cc3)=C(/C=C/Nc3ccccc3)c3ccccc32)c2ccccc21. The van der Waals surface area contributed by atoms with E-state index in [-0.39, 0.29) is 5.41 Å². The van der Waals surface area contributed by atoms with E-state index in [0.717, 1.165) is 17.7 Å². The van der Waals surface area contributed by atoms with Gasteiger partial charge in [-0.25, -0.2) is 0 Å². The van der Waals surface area contributed by atoms with Crippen LogP contribution in [0.1, 0.15) is 76.3 Å². The highest BCUT2D eigenvalue weighted by atomic mass is 32.2. The molecule has 6 aromatic carbocycles. The van der Waals surface area contributed by atoms with Crippen molar-refractivity contribution in [1.82, 2.24) is 0 Å². The molecule has 6 aromatic rings. The first kappa shape index (κ1) is 34.4. The van der Waals surface area contributed by atoms with Crippen LogP contribution in [0, 0.1) is 0 Å². The molecule has 1 aliphatic heterocycles. The number of thioether (sulfide) groups is 1. The number of rotatable bonds is 6. The number of hydrogen-bond acceptors (Lipinski definition) is 2. The van der Waals surface area contributed by atoms with E-state index in [4.69, 9.17) is 6.58 Å². The number of fused-ring (bicyclic) bond motifs is 8. The summed E-state index contributed by atoms with van der Waals surface area (Å²) in [6.07, 6.45) is 15.1. The fourth-order valence-electron chi connectivity index (χ4n) is 9.46. The molecule has 0 bridgehead atoms. The Hall–Kier alpha value is -6.09. The first-order valence-corrected chi connectivity index (χ1v) is 20.5. The van der Waals surface area contributed by atoms with Crippen LogP contribution in [0.2, 0.25) is 0 Å². The normalized spacial score (nSPS) is 20.2. The first-order chi connectivity index (χ1) is 27.4. The van der Waals surface area contributed by atoms with Crippen molar-refractivity contribution in [2.24, 2.45) is 0 Å². The van der Waals surface area contributed by atoms with Gasteiger partial charge >= 0.3 is 0 Å². The van der Waals surface area contributed by atoms with Gasteiger partial charge in [0.15, 0.2) is 0 Å². The van der Waals surface area contributed by atoms with Crippen LogP contribution in [0.25, 0.3) is 22.8 Å². The zero-order valence-electron chi connectivity index (χ0n) is 31.8. The molecular formula is C54H43NS. The summed E-state index contributed by atoms with van der Waals surface area (Å²) < 4.78 is -0.504. The van der Waals surface area contributed by atoms with Crippen molar-refractivity contribution in [3.05, 3.63) is 250 Å². The molecule has 2 atom stereocenters. The Bertz CT molecular complexity index is 2700. The van der Waals surface area contributed by atoms with Gasteiger partial charge in [-0.1, -0.05) is 178 Å². The molecule has 0 radical (unpaired) electrons. The van der Waals surface area contributed by atoms with Gasteiger partial charge in [-0.15, -0.1) is 11.8 Å². The van der Waals surface area contributed by atoms with E-state index in [1.54, 1.807) is 0 Å². The molecule has 4 aliphatic rings. The van der Waals surface area contributed by atoms with E-state index in [2.05, 4.69) is 201 Å². The molecule has 56 heavy (non-hydrogen) atoms. The molecule has 2 heteroatoms. The number of nitrogens with one attached hydrogen (secondary N) is 1. The molecule has 1 heterocycles. The quantitative estimate of drug-likeness (QED) is 0.183. The van der Waals surface area contributed by atoms with E-state index in [0.29, 0.717) is 5.92 Å². The van der Waals surface area contributed by atoms with Crippen molar-refractivity contribution in [2.75, 3.05) is 5.32 Å². The van der Waals surface area contributed by atoms with Gasteiger partial charge in [0.25, 0.3) is 0 Å². The van der Waals surface area contributed by atoms with Crippen LogP contribution in [0.3, 0.4) is 0 Å². The fraction of sp³-hybridized carbons (Fsp3) is 0.111. The largest absolute Gasteiger partial charge is 0.362 e. The summed E-state index contributed by atoms with van der Waals surface area (Å²) in [7, 11) is 0. The third-order valence-electron chi connectivity index (χ3n) is 12.3. The Morgan fingerprint density at radius 1 is 0.625 bits per heavy atom. The van der Waals surface area contributed by atoms with Gasteiger partial charge < -0.3 is 5.32 Å². The second-order valence-electron chi connectivity index (χ2n) is 15.7. The molecule has 0 fully saturated rings. The van der Waals surface area contributed by atoms with Crippen molar-refractivity contribution in [3.8, 4) is 0 Å². The van der Waals surface area contributed by atoms with Gasteiger partial charge in [0.05, 0.1) is 4.75 Å². The molecule has 1 spiro atoms. The number of anilines is 1. The molecule has 2 unspecified atom stereocenters. The first-order valence-electron chi connectivity index (χ1n) is 19.6. The van der Waals surface area contributed by atoms with Crippen LogP contribution in [0.5, 0.6) is 0 Å². The monoisotopic (exact) mass is 737 g/mol. The summed E-state index contributed by atoms with van der Waals surface area (Å²) in [4.78, 5) is 1.23. The number of hydrogen-bond donors (Lipinski definition) is 1. The lowest BCUT2D eigenvalue weighted by atomic mass is 9.77. The van der Waals surface area contributed by atoms with Gasteiger partial charge in [0.2, 0.25) is 0 Å². The van der Waals surface area contributed by atoms with E-state index in [1.165, 1.54) is 77.3 Å². The van der Waals surface area contributed by atoms with E-state index in [9.17, 15) is 0 Å². The van der Waals surface area contributed by atoms with Crippen molar-refractivity contribution in [2.45, 2.75) is 41.2 Å². The average molecular weight is 738 g/mol. The highest BCUT2D eigenvalue weighted by molar-refractivity contribution is 8.00. The van der Waals surface area contributed by atoms with Gasteiger partial charge in [-0.3, -0.25) is 0 Å². The minimum atomic E-state index is -0.504. The molecular weight excluding hydrogens is 695 g/mol. The summed E-state index contributed by atoms with van der Waals surface area (Å²) in [6.45, 7) is 9.44. The predicted molar refractivity (Wildman–Crippen MR) is 239 cm³/mol. The maximum Gasteiger partial charge on any atom is 0.0972 e. The van der Waals surface area contributed by atoms with Crippen molar-refractivity contribution in [3.63, 3.8) is 0 Å². The van der Waals surface area contributed by atoms with Gasteiger partial charge in [-0.2, -0.15) is 0 Å². The smallest absolute Gasteiger partial charge is 0.0972 e. The standard InChI is InChI=1S/C54H43NS/c1-36-41-17-7-12-22-48(41)54(56-52-24-14-10-18-42(36)52)49-23-13-9-20-44(49)46(33-34-55-40-15-5-4-6-16-40)50(54)32-27-37-25-28-38(29-26-37)39-30-31-45-43-19-8-11-21-47(43)53(2,3)51(45)35-39/h4-29,31-35,39,55H,1,30H2,2-3H3/b32-27-,34-33+. The summed E-state index contributed by atoms with van der Waals surface area (Å²) in [5.41, 5.74) is 19.1. The van der Waals surface area contributed by atoms with E-state index >= 15 is 0 Å². The van der Waals surface area contributed by atoms with Crippen LogP contribution < -0.4 is 5.32 Å². The van der Waals surface area contributed by atoms with Gasteiger partial charge in [0, 0.05) is 28.1 Å². The summed E-state index contributed by atoms with van der Waals surface area (Å²) in [5.74, 6) is 0.358. The Morgan fingerprint density at radius 2 is 1.25 bits per heavy atom. The van der Waals surface area contributed by atoms with E-state index in [1.807, 2.05) is 17.8 Å². The minimum absolute atomic E-state index is 0.0105. The lowest BCUT2D eigenvalue weighted by Gasteiger charge is -2.33. The summed E-state index contributed by atoms with van der Waals surface area (Å²) in [6, 6.07) is 55.2. The molecule has 0 saturated heterocycles. The Labute approximate surface area is 335 Å². The predicted octanol–water partition coefficient (Wildman–Crippen LogP) is 14.0. The number of benzene rings is 6. The molecule has 10 rings (SSSR count). The third-order valence-corrected chi connectivity index (χ3v) is 13.8. The maximum atomic E-state index is 4.69. The average Bonchev–Trinajstić information content (AvgIpc) is 3.59. The molecule has 3 aliphatic carbocycles. The highest BCUT2D eigenvalue weighted by Crippen LogP contribution is 2.63. The lowest BCUT2D eigenvalue weighted by Crippen LogP contribution is -2.24. The summed E-state index contributed by atoms with van der Waals surface area (Å²) in [5, 5.41) is 3.54. The number of para-hydroxylation sites is 1. The second kappa shape index (κ2) is 13.6. The highest BCUT2D eigenvalue weighted by Gasteiger charge is 2.49. The zero-order valence-corrected chi connectivity index (χ0v) is 32.6. The lowest BCUT2D eigenvalue weighted by molar-refractivity contribution is 0.648. The second-order valence-corrected chi connectivity index (χ2v) is 17.0. The van der Waals surface area contributed by atoms with Gasteiger partial charge in [-0.05, 0) is 109 Å². The molecule has 0 amide bonds. The molecule has 0 aromatic heterocycles. The molecule has 1 nitrogen and oxygen atoms in total. The van der Waals surface area contributed by atoms with Crippen molar-refractivity contribution in [1.29, 1.82) is 0 Å². The number of allylic oxidation sites excluding steroid dienone is 7. The topological polar surface area (TPSA) is 12.0 Å². The van der Waals surface area contributed by atoms with Crippen LogP contribution in [-0.2, 0) is 10.2 Å². The van der Waals surface area contributed by atoms with Crippen LogP contribution in [-0.4, -0.2) is 0 Å². The van der Waals surface area contributed by atoms with Crippen molar-refractivity contribution < 1.29 is 0 Å². The maximum absolute atomic E-state index is 4.69. The Balaban J connectivity index is 1.07. The van der Waals surface area contributed by atoms with Crippen LogP contribution >= 0.6 is 11.8 Å². The third kappa shape index (κ3) is 5.46. The van der Waals surface area contributed by atoms with Crippen LogP contribution in [0.15, 0.2) is 205 Å². The molecule has 0 saturated carbocycles. The summed E-state index contributed by atoms with van der Waals surface area (Å²) >= 11 is 1.94. The Morgan fingerprint density at radius 3 is 2.02 bits per heavy atom. The van der Waals surface area contributed by atoms with E-state index < -0.39 is 4.75 Å². The van der Waals surface area contributed by atoms with Crippen molar-refractivity contribution >= 4 is 40.2 Å². The van der Waals surface area contributed by atoms with Gasteiger partial charge in [0.1, 0.15) is 0 Å². The Kier molecular flexibility index (Phi) is 8.35. The minimum Gasteiger partial charge on any atom is -0.362 e.